The predicted octanol–water partition coefficient (Wildman–Crippen LogP) is 2.84. The molecule has 3 nitrogen and oxygen atoms in total. The van der Waals surface area contributed by atoms with Crippen molar-refractivity contribution in [3.63, 3.8) is 0 Å². The average Bonchev–Trinajstić information content (AvgIpc) is 2.96. The molecule has 1 aromatic rings. The lowest BCUT2D eigenvalue weighted by molar-refractivity contribution is 0.395. The summed E-state index contributed by atoms with van der Waals surface area (Å²) in [6, 6.07) is 1.93. The second-order valence-corrected chi connectivity index (χ2v) is 6.44. The number of halogens is 1. The fraction of sp³-hybridized carbons (Fsp3) is 0.692. The molecule has 0 amide bonds. The molecule has 4 heteroatoms. The summed E-state index contributed by atoms with van der Waals surface area (Å²) in [5.41, 5.74) is 1.07. The highest BCUT2D eigenvalue weighted by molar-refractivity contribution is 9.09. The van der Waals surface area contributed by atoms with Crippen LogP contribution < -0.4 is 4.74 Å². The first-order valence-electron chi connectivity index (χ1n) is 6.25. The number of ether oxygens (including phenoxy) is 1. The van der Waals surface area contributed by atoms with Crippen LogP contribution in [-0.4, -0.2) is 21.9 Å². The zero-order valence-electron chi connectivity index (χ0n) is 9.97. The first kappa shape index (κ1) is 11.5. The van der Waals surface area contributed by atoms with Gasteiger partial charge in [-0.05, 0) is 37.0 Å². The third-order valence-corrected chi connectivity index (χ3v) is 5.17. The van der Waals surface area contributed by atoms with Gasteiger partial charge in [0.2, 0.25) is 5.88 Å². The second kappa shape index (κ2) is 4.56. The van der Waals surface area contributed by atoms with Gasteiger partial charge >= 0.3 is 0 Å². The van der Waals surface area contributed by atoms with Gasteiger partial charge in [-0.25, -0.2) is 9.97 Å². The minimum Gasteiger partial charge on any atom is -0.481 e. The molecule has 0 spiro atoms. The van der Waals surface area contributed by atoms with E-state index in [2.05, 4.69) is 25.9 Å². The molecule has 3 unspecified atom stereocenters. The lowest BCUT2D eigenvalue weighted by Gasteiger charge is -2.18. The summed E-state index contributed by atoms with van der Waals surface area (Å²) >= 11 is 3.83. The SMILES string of the molecule is COc1cc(CC(Br)C2CC3CC3C2)ncn1. The molecule has 0 bridgehead atoms. The van der Waals surface area contributed by atoms with Gasteiger partial charge in [0, 0.05) is 23.0 Å². The molecule has 2 saturated carbocycles. The lowest BCUT2D eigenvalue weighted by atomic mass is 9.96. The van der Waals surface area contributed by atoms with E-state index in [1.807, 2.05) is 6.07 Å². The summed E-state index contributed by atoms with van der Waals surface area (Å²) in [7, 11) is 1.64. The number of nitrogens with zero attached hydrogens (tertiary/aromatic N) is 2. The molecule has 17 heavy (non-hydrogen) atoms. The summed E-state index contributed by atoms with van der Waals surface area (Å²) in [6.45, 7) is 0. The number of rotatable bonds is 4. The van der Waals surface area contributed by atoms with Crippen LogP contribution in [0.25, 0.3) is 0 Å². The maximum absolute atomic E-state index is 5.12. The fourth-order valence-corrected chi connectivity index (χ4v) is 3.79. The van der Waals surface area contributed by atoms with E-state index in [9.17, 15) is 0 Å². The van der Waals surface area contributed by atoms with Crippen LogP contribution in [0, 0.1) is 17.8 Å². The van der Waals surface area contributed by atoms with Crippen LogP contribution in [-0.2, 0) is 6.42 Å². The second-order valence-electron chi connectivity index (χ2n) is 5.26. The predicted molar refractivity (Wildman–Crippen MR) is 69.3 cm³/mol. The van der Waals surface area contributed by atoms with Crippen molar-refractivity contribution in [1.29, 1.82) is 0 Å². The van der Waals surface area contributed by atoms with Gasteiger partial charge < -0.3 is 4.74 Å². The maximum atomic E-state index is 5.12. The topological polar surface area (TPSA) is 35.0 Å². The van der Waals surface area contributed by atoms with Crippen LogP contribution in [0.2, 0.25) is 0 Å². The maximum Gasteiger partial charge on any atom is 0.216 e. The van der Waals surface area contributed by atoms with E-state index in [4.69, 9.17) is 4.74 Å². The van der Waals surface area contributed by atoms with Gasteiger partial charge in [0.15, 0.2) is 0 Å². The zero-order valence-corrected chi connectivity index (χ0v) is 11.6. The molecule has 2 fully saturated rings. The Kier molecular flexibility index (Phi) is 3.07. The summed E-state index contributed by atoms with van der Waals surface area (Å²) < 4.78 is 5.12. The summed E-state index contributed by atoms with van der Waals surface area (Å²) in [4.78, 5) is 8.89. The molecule has 0 saturated heterocycles. The Morgan fingerprint density at radius 2 is 2.12 bits per heavy atom. The highest BCUT2D eigenvalue weighted by atomic mass is 79.9. The summed E-state index contributed by atoms with van der Waals surface area (Å²) in [5, 5.41) is 0. The summed E-state index contributed by atoms with van der Waals surface area (Å²) in [6.07, 6.45) is 6.85. The van der Waals surface area contributed by atoms with Crippen molar-refractivity contribution in [3.8, 4) is 5.88 Å². The number of hydrogen-bond donors (Lipinski definition) is 0. The molecule has 0 radical (unpaired) electrons. The van der Waals surface area contributed by atoms with Crippen molar-refractivity contribution in [3.05, 3.63) is 18.1 Å². The van der Waals surface area contributed by atoms with E-state index < -0.39 is 0 Å². The smallest absolute Gasteiger partial charge is 0.216 e. The molecule has 2 aliphatic rings. The van der Waals surface area contributed by atoms with Crippen molar-refractivity contribution in [1.82, 2.24) is 9.97 Å². The van der Waals surface area contributed by atoms with Gasteiger partial charge in [0.25, 0.3) is 0 Å². The number of aromatic nitrogens is 2. The van der Waals surface area contributed by atoms with Gasteiger partial charge in [-0.2, -0.15) is 0 Å². The van der Waals surface area contributed by atoms with Crippen LogP contribution >= 0.6 is 15.9 Å². The number of methoxy groups -OCH3 is 1. The van der Waals surface area contributed by atoms with Crippen molar-refractivity contribution >= 4 is 15.9 Å². The van der Waals surface area contributed by atoms with Gasteiger partial charge in [-0.3, -0.25) is 0 Å². The van der Waals surface area contributed by atoms with E-state index in [-0.39, 0.29) is 0 Å². The van der Waals surface area contributed by atoms with Crippen LogP contribution in [0.3, 0.4) is 0 Å². The molecule has 3 rings (SSSR count). The Labute approximate surface area is 110 Å². The Bertz CT molecular complexity index is 402. The third kappa shape index (κ3) is 2.46. The highest BCUT2D eigenvalue weighted by Gasteiger charge is 2.47. The van der Waals surface area contributed by atoms with Gasteiger partial charge in [0.05, 0.1) is 7.11 Å². The first-order valence-corrected chi connectivity index (χ1v) is 7.17. The van der Waals surface area contributed by atoms with Crippen LogP contribution in [0.15, 0.2) is 12.4 Å². The normalized spacial score (nSPS) is 32.0. The van der Waals surface area contributed by atoms with Crippen molar-refractivity contribution in [2.24, 2.45) is 17.8 Å². The molecule has 2 aliphatic carbocycles. The first-order chi connectivity index (χ1) is 8.26. The standard InChI is InChI=1S/C13H17BrN2O/c1-17-13-6-11(15-7-16-13)5-12(14)10-3-8-2-9(8)4-10/h6-10,12H,2-5H2,1H3. The van der Waals surface area contributed by atoms with E-state index in [0.717, 1.165) is 29.9 Å². The number of alkyl halides is 1. The number of fused-ring (bicyclic) bond motifs is 1. The van der Waals surface area contributed by atoms with Gasteiger partial charge in [-0.1, -0.05) is 15.9 Å². The van der Waals surface area contributed by atoms with E-state index >= 15 is 0 Å². The molecule has 1 aromatic heterocycles. The van der Waals surface area contributed by atoms with E-state index in [1.54, 1.807) is 13.4 Å². The van der Waals surface area contributed by atoms with Crippen LogP contribution in [0.4, 0.5) is 0 Å². The minimum atomic E-state index is 0.551. The molecule has 1 heterocycles. The van der Waals surface area contributed by atoms with Gasteiger partial charge in [0.1, 0.15) is 6.33 Å². The lowest BCUT2D eigenvalue weighted by Crippen LogP contribution is -2.16. The van der Waals surface area contributed by atoms with Crippen molar-refractivity contribution in [2.45, 2.75) is 30.5 Å². The molecule has 0 aromatic carbocycles. The molecule has 3 atom stereocenters. The van der Waals surface area contributed by atoms with Gasteiger partial charge in [-0.15, -0.1) is 0 Å². The Morgan fingerprint density at radius 1 is 1.35 bits per heavy atom. The Hall–Kier alpha value is -0.640. The number of hydrogen-bond acceptors (Lipinski definition) is 3. The highest BCUT2D eigenvalue weighted by Crippen LogP contribution is 2.56. The molecule has 92 valence electrons. The zero-order chi connectivity index (χ0) is 11.8. The molecular formula is C13H17BrN2O. The fourth-order valence-electron chi connectivity index (χ4n) is 3.02. The van der Waals surface area contributed by atoms with Crippen molar-refractivity contribution in [2.75, 3.05) is 7.11 Å². The monoisotopic (exact) mass is 296 g/mol. The van der Waals surface area contributed by atoms with Crippen LogP contribution in [0.1, 0.15) is 25.0 Å². The molecule has 0 N–H and O–H groups in total. The summed E-state index contributed by atoms with van der Waals surface area (Å²) in [5.74, 6) is 3.57. The molecular weight excluding hydrogens is 280 g/mol. The third-order valence-electron chi connectivity index (χ3n) is 4.10. The quantitative estimate of drug-likeness (QED) is 0.802. The average molecular weight is 297 g/mol. The minimum absolute atomic E-state index is 0.551. The Balaban J connectivity index is 1.61. The van der Waals surface area contributed by atoms with Crippen molar-refractivity contribution < 1.29 is 4.74 Å². The molecule has 0 aliphatic heterocycles. The Morgan fingerprint density at radius 3 is 2.82 bits per heavy atom. The van der Waals surface area contributed by atoms with E-state index in [0.29, 0.717) is 10.7 Å². The largest absolute Gasteiger partial charge is 0.481 e. The van der Waals surface area contributed by atoms with E-state index in [1.165, 1.54) is 19.3 Å². The van der Waals surface area contributed by atoms with Crippen LogP contribution in [0.5, 0.6) is 5.88 Å².